The molecule has 0 unspecified atom stereocenters. The smallest absolute Gasteiger partial charge is 0.274 e. The quantitative estimate of drug-likeness (QED) is 0.861. The van der Waals surface area contributed by atoms with Crippen LogP contribution in [0.2, 0.25) is 0 Å². The highest BCUT2D eigenvalue weighted by atomic mass is 16.2. The van der Waals surface area contributed by atoms with Gasteiger partial charge in [0.2, 0.25) is 0 Å². The van der Waals surface area contributed by atoms with Crippen LogP contribution in [0.1, 0.15) is 41.7 Å². The predicted molar refractivity (Wildman–Crippen MR) is 97.7 cm³/mol. The number of hydrogen-bond acceptors (Lipinski definition) is 4. The third-order valence-corrected chi connectivity index (χ3v) is 5.25. The minimum absolute atomic E-state index is 0.0129. The Hall–Kier alpha value is -2.43. The van der Waals surface area contributed by atoms with Crippen molar-refractivity contribution in [2.24, 2.45) is 0 Å². The Morgan fingerprint density at radius 2 is 1.76 bits per heavy atom. The molecule has 3 heterocycles. The first kappa shape index (κ1) is 16.1. The molecule has 5 heteroatoms. The van der Waals surface area contributed by atoms with Crippen LogP contribution in [-0.4, -0.2) is 46.7 Å². The lowest BCUT2D eigenvalue weighted by Gasteiger charge is -2.24. The van der Waals surface area contributed by atoms with E-state index in [1.165, 1.54) is 18.4 Å². The summed E-state index contributed by atoms with van der Waals surface area (Å²) in [7, 11) is 0. The average Bonchev–Trinajstić information content (AvgIpc) is 3.34. The van der Waals surface area contributed by atoms with E-state index >= 15 is 0 Å². The lowest BCUT2D eigenvalue weighted by Crippen LogP contribution is -2.37. The number of carbonyl (C=O) groups is 1. The van der Waals surface area contributed by atoms with E-state index in [2.05, 4.69) is 39.4 Å². The number of likely N-dealkylation sites (tertiary alicyclic amines) is 1. The zero-order valence-corrected chi connectivity index (χ0v) is 14.5. The van der Waals surface area contributed by atoms with Crippen molar-refractivity contribution in [2.45, 2.75) is 38.1 Å². The van der Waals surface area contributed by atoms with E-state index in [-0.39, 0.29) is 11.9 Å². The molecule has 1 atom stereocenters. The van der Waals surface area contributed by atoms with E-state index in [0.29, 0.717) is 5.69 Å². The summed E-state index contributed by atoms with van der Waals surface area (Å²) in [6.07, 6.45) is 5.43. The maximum absolute atomic E-state index is 12.9. The van der Waals surface area contributed by atoms with E-state index in [0.717, 1.165) is 44.7 Å². The second kappa shape index (κ2) is 7.21. The highest BCUT2D eigenvalue weighted by Crippen LogP contribution is 2.23. The molecule has 2 aliphatic rings. The molecule has 2 aliphatic heterocycles. The largest absolute Gasteiger partial charge is 0.355 e. The van der Waals surface area contributed by atoms with Gasteiger partial charge in [0.25, 0.3) is 5.91 Å². The van der Waals surface area contributed by atoms with Gasteiger partial charge in [-0.05, 0) is 49.8 Å². The van der Waals surface area contributed by atoms with Gasteiger partial charge in [-0.1, -0.05) is 30.3 Å². The Kier molecular flexibility index (Phi) is 4.63. The van der Waals surface area contributed by atoms with Crippen molar-refractivity contribution in [1.82, 2.24) is 15.1 Å². The van der Waals surface area contributed by atoms with Gasteiger partial charge in [0, 0.05) is 25.7 Å². The van der Waals surface area contributed by atoms with Crippen molar-refractivity contribution in [1.29, 1.82) is 0 Å². The number of benzene rings is 1. The van der Waals surface area contributed by atoms with Crippen LogP contribution in [0.3, 0.4) is 0 Å². The first-order valence-corrected chi connectivity index (χ1v) is 9.25. The monoisotopic (exact) mass is 336 g/mol. The second-order valence-electron chi connectivity index (χ2n) is 6.96. The van der Waals surface area contributed by atoms with Crippen LogP contribution in [0, 0.1) is 0 Å². The summed E-state index contributed by atoms with van der Waals surface area (Å²) in [5.74, 6) is 0.898. The topological polar surface area (TPSA) is 49.3 Å². The molecule has 2 saturated heterocycles. The number of rotatable bonds is 4. The van der Waals surface area contributed by atoms with Gasteiger partial charge in [-0.3, -0.25) is 4.79 Å². The van der Waals surface area contributed by atoms with Crippen LogP contribution in [-0.2, 0) is 6.42 Å². The number of hydrogen-bond donors (Lipinski definition) is 0. The Balaban J connectivity index is 1.45. The predicted octanol–water partition coefficient (Wildman–Crippen LogP) is 2.92. The van der Waals surface area contributed by atoms with Crippen molar-refractivity contribution in [3.05, 3.63) is 53.7 Å². The van der Waals surface area contributed by atoms with E-state index in [1.807, 2.05) is 23.1 Å². The van der Waals surface area contributed by atoms with Crippen LogP contribution < -0.4 is 4.90 Å². The summed E-state index contributed by atoms with van der Waals surface area (Å²) in [5, 5.41) is 8.52. The van der Waals surface area contributed by atoms with Gasteiger partial charge in [0.1, 0.15) is 0 Å². The van der Waals surface area contributed by atoms with Crippen LogP contribution in [0.5, 0.6) is 0 Å². The standard InChI is InChI=1S/C20H24N4O/c25-20(18-10-11-19(22-21-18)23-12-4-5-13-23)24-14-6-9-17(24)15-16-7-2-1-3-8-16/h1-3,7-8,10-11,17H,4-6,9,12-15H2/t17-/m1/s1. The summed E-state index contributed by atoms with van der Waals surface area (Å²) >= 11 is 0. The normalized spacial score (nSPS) is 20.2. The van der Waals surface area contributed by atoms with Gasteiger partial charge in [0.15, 0.2) is 11.5 Å². The van der Waals surface area contributed by atoms with Gasteiger partial charge in [-0.15, -0.1) is 10.2 Å². The molecule has 2 aromatic rings. The maximum Gasteiger partial charge on any atom is 0.274 e. The van der Waals surface area contributed by atoms with Crippen molar-refractivity contribution in [3.8, 4) is 0 Å². The minimum Gasteiger partial charge on any atom is -0.355 e. The van der Waals surface area contributed by atoms with Crippen molar-refractivity contribution >= 4 is 11.7 Å². The Morgan fingerprint density at radius 3 is 2.48 bits per heavy atom. The maximum atomic E-state index is 12.9. The highest BCUT2D eigenvalue weighted by molar-refractivity contribution is 5.92. The summed E-state index contributed by atoms with van der Waals surface area (Å²) in [4.78, 5) is 17.1. The molecule has 1 aromatic carbocycles. The molecule has 1 amide bonds. The van der Waals surface area contributed by atoms with Gasteiger partial charge in [0.05, 0.1) is 0 Å². The lowest BCUT2D eigenvalue weighted by atomic mass is 10.0. The number of anilines is 1. The van der Waals surface area contributed by atoms with Crippen molar-refractivity contribution in [3.63, 3.8) is 0 Å². The fraction of sp³-hybridized carbons (Fsp3) is 0.450. The molecule has 0 spiro atoms. The summed E-state index contributed by atoms with van der Waals surface area (Å²) < 4.78 is 0. The third kappa shape index (κ3) is 3.50. The molecule has 0 saturated carbocycles. The van der Waals surface area contributed by atoms with Crippen LogP contribution in [0.25, 0.3) is 0 Å². The Labute approximate surface area is 148 Å². The molecular weight excluding hydrogens is 312 g/mol. The summed E-state index contributed by atoms with van der Waals surface area (Å²) in [6, 6.07) is 14.4. The molecule has 4 rings (SSSR count). The molecule has 2 fully saturated rings. The molecule has 0 N–H and O–H groups in total. The molecular formula is C20H24N4O. The highest BCUT2D eigenvalue weighted by Gasteiger charge is 2.30. The minimum atomic E-state index is 0.0129. The van der Waals surface area contributed by atoms with E-state index in [9.17, 15) is 4.79 Å². The second-order valence-corrected chi connectivity index (χ2v) is 6.96. The van der Waals surface area contributed by atoms with Gasteiger partial charge in [-0.2, -0.15) is 0 Å². The Bertz CT molecular complexity index is 710. The van der Waals surface area contributed by atoms with Gasteiger partial charge < -0.3 is 9.80 Å². The van der Waals surface area contributed by atoms with Crippen LogP contribution in [0.15, 0.2) is 42.5 Å². The number of nitrogens with zero attached hydrogens (tertiary/aromatic N) is 4. The number of amides is 1. The van der Waals surface area contributed by atoms with Crippen molar-refractivity contribution < 1.29 is 4.79 Å². The lowest BCUT2D eigenvalue weighted by molar-refractivity contribution is 0.0729. The molecule has 0 aliphatic carbocycles. The molecule has 0 radical (unpaired) electrons. The van der Waals surface area contributed by atoms with E-state index < -0.39 is 0 Å². The van der Waals surface area contributed by atoms with E-state index in [4.69, 9.17) is 0 Å². The first-order valence-electron chi connectivity index (χ1n) is 9.25. The SMILES string of the molecule is O=C(c1ccc(N2CCCC2)nn1)N1CCC[C@@H]1Cc1ccccc1. The Morgan fingerprint density at radius 1 is 0.960 bits per heavy atom. The molecule has 0 bridgehead atoms. The fourth-order valence-electron chi connectivity index (χ4n) is 3.90. The molecule has 25 heavy (non-hydrogen) atoms. The first-order chi connectivity index (χ1) is 12.3. The average molecular weight is 336 g/mol. The zero-order valence-electron chi connectivity index (χ0n) is 14.5. The van der Waals surface area contributed by atoms with Gasteiger partial charge >= 0.3 is 0 Å². The third-order valence-electron chi connectivity index (χ3n) is 5.25. The summed E-state index contributed by atoms with van der Waals surface area (Å²) in [6.45, 7) is 2.88. The number of carbonyl (C=O) groups excluding carboxylic acids is 1. The van der Waals surface area contributed by atoms with E-state index in [1.54, 1.807) is 0 Å². The molecule has 130 valence electrons. The number of aromatic nitrogens is 2. The van der Waals surface area contributed by atoms with Crippen LogP contribution in [0.4, 0.5) is 5.82 Å². The fourth-order valence-corrected chi connectivity index (χ4v) is 3.90. The molecule has 5 nitrogen and oxygen atoms in total. The van der Waals surface area contributed by atoms with Crippen LogP contribution >= 0.6 is 0 Å². The van der Waals surface area contributed by atoms with Crippen molar-refractivity contribution in [2.75, 3.05) is 24.5 Å². The summed E-state index contributed by atoms with van der Waals surface area (Å²) in [5.41, 5.74) is 1.74. The molecule has 1 aromatic heterocycles. The zero-order chi connectivity index (χ0) is 17.1. The van der Waals surface area contributed by atoms with Gasteiger partial charge in [-0.25, -0.2) is 0 Å².